The van der Waals surface area contributed by atoms with Crippen LogP contribution in [0.5, 0.6) is 0 Å². The molecule has 4 heterocycles. The first-order valence-electron chi connectivity index (χ1n) is 10.3. The lowest BCUT2D eigenvalue weighted by Crippen LogP contribution is -2.59. The molecule has 1 amide bonds. The van der Waals surface area contributed by atoms with Crippen LogP contribution in [-0.4, -0.2) is 36.4 Å². The Balaban J connectivity index is 1.50. The molecule has 1 fully saturated rings. The topological polar surface area (TPSA) is 127 Å². The number of nitrogens with zero attached hydrogens (tertiary/aromatic N) is 2. The lowest BCUT2D eigenvalue weighted by molar-refractivity contribution is -0.124. The quantitative estimate of drug-likeness (QED) is 0.390. The highest BCUT2D eigenvalue weighted by Crippen LogP contribution is 2.36. The Hall–Kier alpha value is -3.18. The first-order valence-corrected chi connectivity index (χ1v) is 12.6. The zero-order chi connectivity index (χ0) is 23.1. The third-order valence-corrected chi connectivity index (χ3v) is 9.03. The number of carbonyl (C=O) groups excluding carboxylic acids is 1. The standard InChI is InChI=1S/C23H21N5O3S2/c24-21(17-2-1-15-5-11-26-14-18(15)13-17)23(8-12-27-22(23)29)28-33(30,31)20-4-3-19(32-20)16-6-9-25-10-7-16/h1-7,9-11,13-14,21,28H,8,12,24H2,(H,27,29)/t21?,23-/m0/s1. The molecular formula is C23H21N5O3S2. The van der Waals surface area contributed by atoms with E-state index in [2.05, 4.69) is 20.0 Å². The van der Waals surface area contributed by atoms with Gasteiger partial charge < -0.3 is 11.1 Å². The molecule has 0 radical (unpaired) electrons. The van der Waals surface area contributed by atoms with E-state index in [-0.39, 0.29) is 10.6 Å². The van der Waals surface area contributed by atoms with E-state index in [1.165, 1.54) is 6.07 Å². The summed E-state index contributed by atoms with van der Waals surface area (Å²) >= 11 is 1.13. The molecule has 4 aromatic rings. The van der Waals surface area contributed by atoms with Crippen molar-refractivity contribution in [1.82, 2.24) is 20.0 Å². The Morgan fingerprint density at radius 1 is 1.03 bits per heavy atom. The summed E-state index contributed by atoms with van der Waals surface area (Å²) in [6.45, 7) is 0.330. The SMILES string of the molecule is NC(c1ccc2ccncc2c1)[C@@]1(NS(=O)(=O)c2ccc(-c3ccncc3)s2)CCNC1=O. The number of hydrogen-bond donors (Lipinski definition) is 3. The van der Waals surface area contributed by atoms with Gasteiger partial charge in [0.15, 0.2) is 0 Å². The van der Waals surface area contributed by atoms with E-state index in [0.29, 0.717) is 12.1 Å². The number of pyridine rings is 2. The van der Waals surface area contributed by atoms with Gasteiger partial charge >= 0.3 is 0 Å². The third-order valence-electron chi connectivity index (χ3n) is 5.89. The van der Waals surface area contributed by atoms with Crippen molar-refractivity contribution in [2.24, 2.45) is 5.73 Å². The highest BCUT2D eigenvalue weighted by molar-refractivity contribution is 7.91. The van der Waals surface area contributed by atoms with Gasteiger partial charge in [-0.05, 0) is 59.3 Å². The molecule has 1 saturated heterocycles. The fourth-order valence-electron chi connectivity index (χ4n) is 4.11. The van der Waals surface area contributed by atoms with Crippen molar-refractivity contribution in [3.63, 3.8) is 0 Å². The molecule has 33 heavy (non-hydrogen) atoms. The number of sulfonamides is 1. The van der Waals surface area contributed by atoms with E-state index in [4.69, 9.17) is 5.73 Å². The predicted octanol–water partition coefficient (Wildman–Crippen LogP) is 2.60. The summed E-state index contributed by atoms with van der Waals surface area (Å²) in [5.74, 6) is -0.434. The highest BCUT2D eigenvalue weighted by Gasteiger charge is 2.51. The van der Waals surface area contributed by atoms with Crippen molar-refractivity contribution in [2.45, 2.75) is 22.2 Å². The van der Waals surface area contributed by atoms with Crippen LogP contribution in [0.4, 0.5) is 0 Å². The molecule has 1 aliphatic heterocycles. The molecule has 0 spiro atoms. The second kappa shape index (κ2) is 8.31. The van der Waals surface area contributed by atoms with E-state index >= 15 is 0 Å². The maximum Gasteiger partial charge on any atom is 0.251 e. The molecule has 1 unspecified atom stereocenters. The molecule has 2 atom stereocenters. The van der Waals surface area contributed by atoms with E-state index in [1.54, 1.807) is 30.9 Å². The number of fused-ring (bicyclic) bond motifs is 1. The van der Waals surface area contributed by atoms with Crippen molar-refractivity contribution in [3.8, 4) is 10.4 Å². The number of aromatic nitrogens is 2. The van der Waals surface area contributed by atoms with Crippen LogP contribution < -0.4 is 15.8 Å². The number of hydrogen-bond acceptors (Lipinski definition) is 7. The average molecular weight is 480 g/mol. The lowest BCUT2D eigenvalue weighted by Gasteiger charge is -2.33. The fraction of sp³-hybridized carbons (Fsp3) is 0.174. The lowest BCUT2D eigenvalue weighted by atomic mass is 9.85. The van der Waals surface area contributed by atoms with E-state index < -0.39 is 27.5 Å². The van der Waals surface area contributed by atoms with Crippen LogP contribution >= 0.6 is 11.3 Å². The van der Waals surface area contributed by atoms with Crippen molar-refractivity contribution >= 4 is 38.0 Å². The summed E-state index contributed by atoms with van der Waals surface area (Å²) in [6.07, 6.45) is 6.95. The molecule has 0 aliphatic carbocycles. The van der Waals surface area contributed by atoms with E-state index in [9.17, 15) is 13.2 Å². The van der Waals surface area contributed by atoms with Crippen LogP contribution in [0.25, 0.3) is 21.2 Å². The zero-order valence-corrected chi connectivity index (χ0v) is 19.1. The minimum atomic E-state index is -4.02. The van der Waals surface area contributed by atoms with Crippen LogP contribution in [0, 0.1) is 0 Å². The maximum atomic E-state index is 13.4. The van der Waals surface area contributed by atoms with Crippen LogP contribution in [-0.2, 0) is 14.8 Å². The number of carbonyl (C=O) groups is 1. The van der Waals surface area contributed by atoms with Gasteiger partial charge in [0.25, 0.3) is 10.0 Å². The van der Waals surface area contributed by atoms with Gasteiger partial charge in [0.1, 0.15) is 9.75 Å². The summed E-state index contributed by atoms with van der Waals surface area (Å²) in [7, 11) is -4.02. The molecule has 0 bridgehead atoms. The molecule has 10 heteroatoms. The molecular weight excluding hydrogens is 458 g/mol. The molecule has 168 valence electrons. The Labute approximate surface area is 194 Å². The zero-order valence-electron chi connectivity index (χ0n) is 17.4. The van der Waals surface area contributed by atoms with Crippen LogP contribution in [0.3, 0.4) is 0 Å². The number of nitrogens with two attached hydrogens (primary N) is 1. The van der Waals surface area contributed by atoms with Crippen molar-refractivity contribution < 1.29 is 13.2 Å². The molecule has 0 saturated carbocycles. The Morgan fingerprint density at radius 2 is 1.82 bits per heavy atom. The summed E-state index contributed by atoms with van der Waals surface area (Å²) in [4.78, 5) is 21.9. The van der Waals surface area contributed by atoms with Gasteiger partial charge in [-0.2, -0.15) is 4.72 Å². The molecule has 1 aromatic carbocycles. The highest BCUT2D eigenvalue weighted by atomic mass is 32.2. The minimum absolute atomic E-state index is 0.114. The summed E-state index contributed by atoms with van der Waals surface area (Å²) in [5, 5.41) is 4.58. The van der Waals surface area contributed by atoms with Crippen molar-refractivity contribution in [3.05, 3.63) is 78.9 Å². The first-order chi connectivity index (χ1) is 15.9. The van der Waals surface area contributed by atoms with E-state index in [1.807, 2.05) is 36.4 Å². The molecule has 4 N–H and O–H groups in total. The van der Waals surface area contributed by atoms with Gasteiger partial charge in [-0.15, -0.1) is 11.3 Å². The second-order valence-corrected chi connectivity index (χ2v) is 10.9. The Morgan fingerprint density at radius 3 is 2.58 bits per heavy atom. The number of rotatable bonds is 6. The monoisotopic (exact) mass is 479 g/mol. The van der Waals surface area contributed by atoms with Crippen LogP contribution in [0.1, 0.15) is 18.0 Å². The van der Waals surface area contributed by atoms with Gasteiger partial charge in [-0.3, -0.25) is 14.8 Å². The molecule has 5 rings (SSSR count). The molecule has 3 aromatic heterocycles. The van der Waals surface area contributed by atoms with Gasteiger partial charge in [0, 0.05) is 41.6 Å². The summed E-state index contributed by atoms with van der Waals surface area (Å²) in [6, 6.07) is 13.5. The largest absolute Gasteiger partial charge is 0.354 e. The summed E-state index contributed by atoms with van der Waals surface area (Å²) < 4.78 is 29.5. The first kappa shape index (κ1) is 21.7. The number of nitrogens with one attached hydrogen (secondary N) is 2. The second-order valence-electron chi connectivity index (χ2n) is 7.90. The van der Waals surface area contributed by atoms with Gasteiger partial charge in [-0.25, -0.2) is 8.42 Å². The molecule has 8 nitrogen and oxygen atoms in total. The smallest absolute Gasteiger partial charge is 0.251 e. The minimum Gasteiger partial charge on any atom is -0.354 e. The third kappa shape index (κ3) is 3.91. The van der Waals surface area contributed by atoms with Gasteiger partial charge in [-0.1, -0.05) is 12.1 Å². The van der Waals surface area contributed by atoms with Gasteiger partial charge in [0.05, 0.1) is 6.04 Å². The van der Waals surface area contributed by atoms with Crippen molar-refractivity contribution in [1.29, 1.82) is 0 Å². The van der Waals surface area contributed by atoms with Crippen molar-refractivity contribution in [2.75, 3.05) is 6.54 Å². The Kier molecular flexibility index (Phi) is 5.45. The number of benzene rings is 1. The number of thiophene rings is 1. The Bertz CT molecular complexity index is 1440. The summed E-state index contributed by atoms with van der Waals surface area (Å²) in [5.41, 5.74) is 6.60. The normalized spacial score (nSPS) is 19.5. The fourth-order valence-corrected chi connectivity index (χ4v) is 6.83. The average Bonchev–Trinajstić information content (AvgIpc) is 3.47. The van der Waals surface area contributed by atoms with E-state index in [0.717, 1.165) is 32.5 Å². The van der Waals surface area contributed by atoms with Crippen LogP contribution in [0.2, 0.25) is 0 Å². The van der Waals surface area contributed by atoms with Gasteiger partial charge in [0.2, 0.25) is 5.91 Å². The maximum absolute atomic E-state index is 13.4. The number of amides is 1. The van der Waals surface area contributed by atoms with Crippen LogP contribution in [0.15, 0.2) is 77.5 Å². The predicted molar refractivity (Wildman–Crippen MR) is 127 cm³/mol. The molecule has 1 aliphatic rings.